The molecule has 0 radical (unpaired) electrons. The van der Waals surface area contributed by atoms with Crippen molar-refractivity contribution >= 4 is 12.2 Å². The molecule has 0 aliphatic carbocycles. The van der Waals surface area contributed by atoms with E-state index in [0.29, 0.717) is 0 Å². The van der Waals surface area contributed by atoms with Crippen LogP contribution in [0.25, 0.3) is 6.08 Å². The molecule has 0 saturated carbocycles. The van der Waals surface area contributed by atoms with Gasteiger partial charge in [0.15, 0.2) is 0 Å². The van der Waals surface area contributed by atoms with E-state index in [1.807, 2.05) is 103 Å². The molecule has 0 heterocycles. The molecule has 0 spiro atoms. The minimum atomic E-state index is -0.444. The topological polar surface area (TPSA) is 38.3 Å². The van der Waals surface area contributed by atoms with Crippen LogP contribution in [0.5, 0.6) is 0 Å². The lowest BCUT2D eigenvalue weighted by Gasteiger charge is -2.16. The monoisotopic (exact) mass is 343 g/mol. The van der Waals surface area contributed by atoms with Crippen molar-refractivity contribution in [1.29, 1.82) is 0 Å². The van der Waals surface area contributed by atoms with E-state index < -0.39 is 6.09 Å². The highest BCUT2D eigenvalue weighted by Crippen LogP contribution is 2.16. The molecular formula is C23H21NO2. The van der Waals surface area contributed by atoms with Gasteiger partial charge < -0.3 is 10.1 Å². The van der Waals surface area contributed by atoms with Crippen LogP contribution in [-0.2, 0) is 11.3 Å². The van der Waals surface area contributed by atoms with E-state index in [4.69, 9.17) is 4.74 Å². The van der Waals surface area contributed by atoms with E-state index in [1.54, 1.807) is 0 Å². The highest BCUT2D eigenvalue weighted by Gasteiger charge is 2.12. The zero-order valence-electron chi connectivity index (χ0n) is 14.4. The smallest absolute Gasteiger partial charge is 0.408 e. The third-order valence-electron chi connectivity index (χ3n) is 3.93. The summed E-state index contributed by atoms with van der Waals surface area (Å²) in [6, 6.07) is 29.2. The van der Waals surface area contributed by atoms with Gasteiger partial charge in [0.2, 0.25) is 0 Å². The maximum Gasteiger partial charge on any atom is 0.408 e. The van der Waals surface area contributed by atoms with Crippen molar-refractivity contribution in [3.8, 4) is 0 Å². The Morgan fingerprint density at radius 2 is 1.42 bits per heavy atom. The van der Waals surface area contributed by atoms with Crippen LogP contribution < -0.4 is 5.32 Å². The Balaban J connectivity index is 1.67. The molecule has 1 unspecified atom stereocenters. The fourth-order valence-corrected chi connectivity index (χ4v) is 2.57. The molecule has 3 nitrogen and oxygen atoms in total. The molecule has 0 fully saturated rings. The summed E-state index contributed by atoms with van der Waals surface area (Å²) in [5.74, 6) is 0. The second-order valence-electron chi connectivity index (χ2n) is 5.86. The number of hydrogen-bond donors (Lipinski definition) is 1. The number of carbonyl (C=O) groups is 1. The van der Waals surface area contributed by atoms with Gasteiger partial charge >= 0.3 is 6.09 Å². The normalized spacial score (nSPS) is 11.8. The van der Waals surface area contributed by atoms with E-state index in [-0.39, 0.29) is 12.6 Å². The molecule has 1 amide bonds. The average Bonchev–Trinajstić information content (AvgIpc) is 2.72. The maximum absolute atomic E-state index is 12.2. The van der Waals surface area contributed by atoms with Gasteiger partial charge in [0.05, 0.1) is 6.04 Å². The molecule has 0 aliphatic rings. The molecule has 26 heavy (non-hydrogen) atoms. The molecule has 3 aromatic rings. The van der Waals surface area contributed by atoms with Crippen LogP contribution in [-0.4, -0.2) is 6.09 Å². The number of benzene rings is 3. The summed E-state index contributed by atoms with van der Waals surface area (Å²) in [5, 5.41) is 2.93. The molecule has 3 aromatic carbocycles. The second kappa shape index (κ2) is 9.23. The molecule has 0 aliphatic heterocycles. The summed E-state index contributed by atoms with van der Waals surface area (Å²) in [5.41, 5.74) is 3.03. The summed E-state index contributed by atoms with van der Waals surface area (Å²) in [6.45, 7) is 0.247. The summed E-state index contributed by atoms with van der Waals surface area (Å²) < 4.78 is 5.35. The predicted octanol–water partition coefficient (Wildman–Crippen LogP) is 5.37. The summed E-state index contributed by atoms with van der Waals surface area (Å²) >= 11 is 0. The number of carbonyl (C=O) groups excluding carboxylic acids is 1. The first-order chi connectivity index (χ1) is 12.8. The van der Waals surface area contributed by atoms with Crippen LogP contribution >= 0.6 is 0 Å². The second-order valence-corrected chi connectivity index (χ2v) is 5.86. The van der Waals surface area contributed by atoms with Crippen molar-refractivity contribution in [1.82, 2.24) is 5.32 Å². The van der Waals surface area contributed by atoms with Crippen molar-refractivity contribution in [2.75, 3.05) is 0 Å². The molecule has 0 bridgehead atoms. The Morgan fingerprint density at radius 3 is 2.08 bits per heavy atom. The van der Waals surface area contributed by atoms with Gasteiger partial charge in [-0.2, -0.15) is 0 Å². The highest BCUT2D eigenvalue weighted by atomic mass is 16.5. The summed E-state index contributed by atoms with van der Waals surface area (Å²) in [7, 11) is 0. The number of amides is 1. The van der Waals surface area contributed by atoms with Crippen molar-refractivity contribution in [3.05, 3.63) is 114 Å². The quantitative estimate of drug-likeness (QED) is 0.653. The van der Waals surface area contributed by atoms with E-state index >= 15 is 0 Å². The van der Waals surface area contributed by atoms with Gasteiger partial charge in [-0.1, -0.05) is 103 Å². The predicted molar refractivity (Wildman–Crippen MR) is 104 cm³/mol. The first kappa shape index (κ1) is 17.5. The van der Waals surface area contributed by atoms with Gasteiger partial charge in [0.25, 0.3) is 0 Å². The van der Waals surface area contributed by atoms with Crippen molar-refractivity contribution in [2.45, 2.75) is 12.6 Å². The van der Waals surface area contributed by atoms with Crippen molar-refractivity contribution < 1.29 is 9.53 Å². The molecule has 1 N–H and O–H groups in total. The summed E-state index contributed by atoms with van der Waals surface area (Å²) in [4.78, 5) is 12.2. The Morgan fingerprint density at radius 1 is 0.846 bits per heavy atom. The van der Waals surface area contributed by atoms with Crippen LogP contribution in [0.3, 0.4) is 0 Å². The summed E-state index contributed by atoms with van der Waals surface area (Å²) in [6.07, 6.45) is 3.52. The van der Waals surface area contributed by atoms with Gasteiger partial charge in [0.1, 0.15) is 6.61 Å². The van der Waals surface area contributed by atoms with Crippen LogP contribution in [0, 0.1) is 0 Å². The average molecular weight is 343 g/mol. The number of alkyl carbamates (subject to hydrolysis) is 1. The molecular weight excluding hydrogens is 322 g/mol. The van der Waals surface area contributed by atoms with Crippen LogP contribution in [0.4, 0.5) is 4.79 Å². The van der Waals surface area contributed by atoms with Gasteiger partial charge in [-0.05, 0) is 16.7 Å². The van der Waals surface area contributed by atoms with Gasteiger partial charge in [-0.25, -0.2) is 4.79 Å². The molecule has 0 aromatic heterocycles. The minimum Gasteiger partial charge on any atom is -0.445 e. The number of nitrogens with one attached hydrogen (secondary N) is 1. The Hall–Kier alpha value is -3.33. The van der Waals surface area contributed by atoms with Crippen LogP contribution in [0.1, 0.15) is 22.7 Å². The van der Waals surface area contributed by atoms with Crippen molar-refractivity contribution in [3.63, 3.8) is 0 Å². The molecule has 0 saturated heterocycles. The Kier molecular flexibility index (Phi) is 6.21. The van der Waals surface area contributed by atoms with E-state index in [9.17, 15) is 4.79 Å². The fraction of sp³-hybridized carbons (Fsp3) is 0.0870. The number of hydrogen-bond acceptors (Lipinski definition) is 2. The zero-order valence-corrected chi connectivity index (χ0v) is 14.4. The molecule has 130 valence electrons. The lowest BCUT2D eigenvalue weighted by atomic mass is 10.1. The van der Waals surface area contributed by atoms with Gasteiger partial charge in [0, 0.05) is 0 Å². The first-order valence-electron chi connectivity index (χ1n) is 8.57. The van der Waals surface area contributed by atoms with Crippen LogP contribution in [0.15, 0.2) is 97.1 Å². The van der Waals surface area contributed by atoms with E-state index in [2.05, 4.69) is 5.32 Å². The van der Waals surface area contributed by atoms with Crippen molar-refractivity contribution in [2.24, 2.45) is 0 Å². The molecule has 3 heteroatoms. The lowest BCUT2D eigenvalue weighted by Crippen LogP contribution is -2.28. The third kappa shape index (κ3) is 5.35. The first-order valence-corrected chi connectivity index (χ1v) is 8.57. The Labute approximate surface area is 154 Å². The molecule has 1 atom stereocenters. The lowest BCUT2D eigenvalue weighted by molar-refractivity contribution is 0.137. The highest BCUT2D eigenvalue weighted by molar-refractivity contribution is 5.69. The standard InChI is InChI=1S/C23H21NO2/c25-23(26-18-20-12-6-2-7-13-20)24-22(21-14-8-3-9-15-21)17-16-19-10-4-1-5-11-19/h1-17,22H,18H2,(H,24,25)/b17-16+. The van der Waals surface area contributed by atoms with Gasteiger partial charge in [-0.15, -0.1) is 0 Å². The number of rotatable bonds is 6. The number of ether oxygens (including phenoxy) is 1. The molecule has 3 rings (SSSR count). The maximum atomic E-state index is 12.2. The SMILES string of the molecule is O=C(NC(/C=C/c1ccccc1)c1ccccc1)OCc1ccccc1. The Bertz CT molecular complexity index is 830. The minimum absolute atomic E-state index is 0.247. The van der Waals surface area contributed by atoms with E-state index in [0.717, 1.165) is 16.7 Å². The van der Waals surface area contributed by atoms with E-state index in [1.165, 1.54) is 0 Å². The third-order valence-corrected chi connectivity index (χ3v) is 3.93. The zero-order chi connectivity index (χ0) is 18.0. The van der Waals surface area contributed by atoms with Gasteiger partial charge in [-0.3, -0.25) is 0 Å². The van der Waals surface area contributed by atoms with Crippen LogP contribution in [0.2, 0.25) is 0 Å². The largest absolute Gasteiger partial charge is 0.445 e. The fourth-order valence-electron chi connectivity index (χ4n) is 2.57.